The number of hydrogen-bond donors (Lipinski definition) is 1. The number of nitrogens with one attached hydrogen (secondary N) is 1. The van der Waals surface area contributed by atoms with Crippen LogP contribution in [0.15, 0.2) is 42.5 Å². The average Bonchev–Trinajstić information content (AvgIpc) is 2.84. The molecular formula is C18H21NO. The highest BCUT2D eigenvalue weighted by molar-refractivity contribution is 5.78. The van der Waals surface area contributed by atoms with E-state index in [-0.39, 0.29) is 0 Å². The molecule has 0 heterocycles. The minimum absolute atomic E-state index is 0.377. The van der Waals surface area contributed by atoms with E-state index in [1.54, 1.807) is 7.11 Å². The molecule has 0 bridgehead atoms. The number of hydrogen-bond acceptors (Lipinski definition) is 2. The Morgan fingerprint density at radius 1 is 1.10 bits per heavy atom. The summed E-state index contributed by atoms with van der Waals surface area (Å²) in [4.78, 5) is 0. The summed E-state index contributed by atoms with van der Waals surface area (Å²) in [6.45, 7) is 2.92. The summed E-state index contributed by atoms with van der Waals surface area (Å²) < 4.78 is 5.25. The lowest BCUT2D eigenvalue weighted by Gasteiger charge is -2.18. The largest absolute Gasteiger partial charge is 0.383 e. The Hall–Kier alpha value is -1.80. The molecule has 1 aliphatic rings. The maximum Gasteiger partial charge on any atom is 0.0663 e. The minimum Gasteiger partial charge on any atom is -0.383 e. The quantitative estimate of drug-likeness (QED) is 0.751. The molecule has 2 heteroatoms. The molecule has 1 aliphatic carbocycles. The molecule has 0 aromatic heterocycles. The Balaban J connectivity index is 1.83. The van der Waals surface area contributed by atoms with Gasteiger partial charge in [0.2, 0.25) is 0 Å². The van der Waals surface area contributed by atoms with Crippen LogP contribution in [0.3, 0.4) is 0 Å². The molecule has 2 aromatic carbocycles. The molecule has 2 nitrogen and oxygen atoms in total. The number of ether oxygens (including phenoxy) is 1. The third-order valence-corrected chi connectivity index (χ3v) is 4.03. The van der Waals surface area contributed by atoms with E-state index in [0.29, 0.717) is 6.04 Å². The Kier molecular flexibility index (Phi) is 3.75. The van der Waals surface area contributed by atoms with Crippen molar-refractivity contribution in [2.75, 3.05) is 19.0 Å². The van der Waals surface area contributed by atoms with Gasteiger partial charge in [-0.1, -0.05) is 37.3 Å². The monoisotopic (exact) mass is 267 g/mol. The maximum absolute atomic E-state index is 5.25. The van der Waals surface area contributed by atoms with Crippen LogP contribution < -0.4 is 5.32 Å². The summed E-state index contributed by atoms with van der Waals surface area (Å²) in [5, 5.41) is 3.56. The second kappa shape index (κ2) is 5.68. The van der Waals surface area contributed by atoms with Gasteiger partial charge in [-0.15, -0.1) is 0 Å². The minimum atomic E-state index is 0.377. The molecule has 2 aromatic rings. The van der Waals surface area contributed by atoms with E-state index < -0.39 is 0 Å². The van der Waals surface area contributed by atoms with E-state index in [9.17, 15) is 0 Å². The lowest BCUT2D eigenvalue weighted by molar-refractivity contribution is 0.184. The Bertz CT molecular complexity index is 606. The molecule has 0 amide bonds. The van der Waals surface area contributed by atoms with Crippen molar-refractivity contribution in [2.24, 2.45) is 0 Å². The van der Waals surface area contributed by atoms with Gasteiger partial charge < -0.3 is 10.1 Å². The second-order valence-corrected chi connectivity index (χ2v) is 5.41. The van der Waals surface area contributed by atoms with Gasteiger partial charge in [-0.2, -0.15) is 0 Å². The Morgan fingerprint density at radius 2 is 1.90 bits per heavy atom. The average molecular weight is 267 g/mol. The van der Waals surface area contributed by atoms with Gasteiger partial charge in [-0.3, -0.25) is 0 Å². The van der Waals surface area contributed by atoms with Crippen molar-refractivity contribution in [1.29, 1.82) is 0 Å². The fourth-order valence-corrected chi connectivity index (χ4v) is 2.93. The molecule has 1 unspecified atom stereocenters. The van der Waals surface area contributed by atoms with E-state index in [1.165, 1.54) is 27.9 Å². The fraction of sp³-hybridized carbons (Fsp3) is 0.333. The number of benzene rings is 2. The first-order chi connectivity index (χ1) is 9.81. The highest BCUT2D eigenvalue weighted by Gasteiger charge is 2.18. The summed E-state index contributed by atoms with van der Waals surface area (Å²) in [6, 6.07) is 15.8. The lowest BCUT2D eigenvalue weighted by Crippen LogP contribution is -2.23. The van der Waals surface area contributed by atoms with E-state index in [0.717, 1.165) is 19.4 Å². The van der Waals surface area contributed by atoms with Gasteiger partial charge in [-0.25, -0.2) is 0 Å². The van der Waals surface area contributed by atoms with Gasteiger partial charge in [0.05, 0.1) is 6.61 Å². The van der Waals surface area contributed by atoms with Crippen LogP contribution in [0.5, 0.6) is 0 Å². The SMILES string of the molecule is CCC(COC)Nc1ccc2c(c1)Cc1ccccc1-2. The standard InChI is InChI=1S/C18H21NO/c1-3-15(12-20-2)19-16-8-9-18-14(11-16)10-13-6-4-5-7-17(13)18/h4-9,11,15,19H,3,10,12H2,1-2H3. The normalized spacial score (nSPS) is 13.7. The van der Waals surface area contributed by atoms with Crippen LogP contribution in [0, 0.1) is 0 Å². The van der Waals surface area contributed by atoms with Crippen molar-refractivity contribution in [2.45, 2.75) is 25.8 Å². The molecule has 0 aliphatic heterocycles. The summed E-state index contributed by atoms with van der Waals surface area (Å²) in [6.07, 6.45) is 2.10. The van der Waals surface area contributed by atoms with Gasteiger partial charge in [0.25, 0.3) is 0 Å². The molecule has 20 heavy (non-hydrogen) atoms. The van der Waals surface area contributed by atoms with Crippen molar-refractivity contribution in [3.63, 3.8) is 0 Å². The van der Waals surface area contributed by atoms with E-state index in [2.05, 4.69) is 54.7 Å². The molecule has 3 rings (SSSR count). The van der Waals surface area contributed by atoms with Crippen LogP contribution in [-0.4, -0.2) is 19.8 Å². The topological polar surface area (TPSA) is 21.3 Å². The van der Waals surface area contributed by atoms with Crippen LogP contribution in [0.25, 0.3) is 11.1 Å². The first-order valence-corrected chi connectivity index (χ1v) is 7.28. The van der Waals surface area contributed by atoms with E-state index in [4.69, 9.17) is 4.74 Å². The Labute approximate surface area is 120 Å². The predicted molar refractivity (Wildman–Crippen MR) is 84.3 cm³/mol. The molecule has 0 spiro atoms. The summed E-state index contributed by atoms with van der Waals surface area (Å²) >= 11 is 0. The number of anilines is 1. The number of methoxy groups -OCH3 is 1. The molecule has 1 N–H and O–H groups in total. The third kappa shape index (κ3) is 2.44. The number of rotatable bonds is 5. The first kappa shape index (κ1) is 13.2. The third-order valence-electron chi connectivity index (χ3n) is 4.03. The molecule has 0 saturated heterocycles. The second-order valence-electron chi connectivity index (χ2n) is 5.41. The van der Waals surface area contributed by atoms with Gasteiger partial charge >= 0.3 is 0 Å². The smallest absolute Gasteiger partial charge is 0.0663 e. The molecule has 104 valence electrons. The zero-order valence-corrected chi connectivity index (χ0v) is 12.1. The number of fused-ring (bicyclic) bond motifs is 3. The summed E-state index contributed by atoms with van der Waals surface area (Å²) in [7, 11) is 1.75. The van der Waals surface area contributed by atoms with Crippen molar-refractivity contribution >= 4 is 5.69 Å². The van der Waals surface area contributed by atoms with Crippen molar-refractivity contribution < 1.29 is 4.74 Å². The van der Waals surface area contributed by atoms with E-state index in [1.807, 2.05) is 0 Å². The molecule has 0 radical (unpaired) electrons. The lowest BCUT2D eigenvalue weighted by atomic mass is 10.1. The predicted octanol–water partition coefficient (Wildman–Crippen LogP) is 4.09. The van der Waals surface area contributed by atoms with Crippen LogP contribution >= 0.6 is 0 Å². The van der Waals surface area contributed by atoms with Crippen LogP contribution in [0.4, 0.5) is 5.69 Å². The highest BCUT2D eigenvalue weighted by atomic mass is 16.5. The highest BCUT2D eigenvalue weighted by Crippen LogP contribution is 2.37. The molecule has 1 atom stereocenters. The Morgan fingerprint density at radius 3 is 2.70 bits per heavy atom. The van der Waals surface area contributed by atoms with E-state index >= 15 is 0 Å². The van der Waals surface area contributed by atoms with Crippen molar-refractivity contribution in [3.8, 4) is 11.1 Å². The van der Waals surface area contributed by atoms with Gasteiger partial charge in [0, 0.05) is 18.8 Å². The molecular weight excluding hydrogens is 246 g/mol. The molecule has 0 saturated carbocycles. The molecule has 0 fully saturated rings. The van der Waals surface area contributed by atoms with Crippen molar-refractivity contribution in [3.05, 3.63) is 53.6 Å². The van der Waals surface area contributed by atoms with Crippen molar-refractivity contribution in [1.82, 2.24) is 0 Å². The maximum atomic E-state index is 5.25. The van der Waals surface area contributed by atoms with Crippen LogP contribution in [-0.2, 0) is 11.2 Å². The first-order valence-electron chi connectivity index (χ1n) is 7.28. The van der Waals surface area contributed by atoms with Crippen LogP contribution in [0.2, 0.25) is 0 Å². The van der Waals surface area contributed by atoms with Crippen LogP contribution in [0.1, 0.15) is 24.5 Å². The van der Waals surface area contributed by atoms with Gasteiger partial charge in [0.15, 0.2) is 0 Å². The summed E-state index contributed by atoms with van der Waals surface area (Å²) in [5.41, 5.74) is 6.82. The van der Waals surface area contributed by atoms with Gasteiger partial charge in [-0.05, 0) is 47.2 Å². The van der Waals surface area contributed by atoms with Gasteiger partial charge in [0.1, 0.15) is 0 Å². The zero-order valence-electron chi connectivity index (χ0n) is 12.1. The fourth-order valence-electron chi connectivity index (χ4n) is 2.93. The zero-order chi connectivity index (χ0) is 13.9. The summed E-state index contributed by atoms with van der Waals surface area (Å²) in [5.74, 6) is 0.